The molecule has 1 N–H and O–H groups in total. The van der Waals surface area contributed by atoms with E-state index in [2.05, 4.69) is 10.4 Å². The van der Waals surface area contributed by atoms with Crippen LogP contribution in [0.25, 0.3) is 5.69 Å². The topological polar surface area (TPSA) is 56.2 Å². The zero-order valence-electron chi connectivity index (χ0n) is 11.2. The summed E-state index contributed by atoms with van der Waals surface area (Å²) in [5.41, 5.74) is 2.80. The first kappa shape index (κ1) is 11.5. The van der Waals surface area contributed by atoms with Crippen LogP contribution in [-0.4, -0.2) is 29.3 Å². The van der Waals surface area contributed by atoms with Gasteiger partial charge in [0.15, 0.2) is 0 Å². The molecule has 20 heavy (non-hydrogen) atoms. The number of hydrogen-bond acceptors (Lipinski definition) is 3. The number of nitrogens with zero attached hydrogens (tertiary/aromatic N) is 2. The number of carbonyl (C=O) groups excluding carboxylic acids is 1. The maximum atomic E-state index is 12.2. The largest absolute Gasteiger partial charge is 0.497 e. The molecule has 2 heterocycles. The van der Waals surface area contributed by atoms with Crippen LogP contribution in [0.15, 0.2) is 30.5 Å². The van der Waals surface area contributed by atoms with E-state index in [1.165, 1.54) is 0 Å². The van der Waals surface area contributed by atoms with Crippen LogP contribution >= 0.6 is 0 Å². The highest BCUT2D eigenvalue weighted by Gasteiger charge is 2.50. The molecule has 102 valence electrons. The Morgan fingerprint density at radius 3 is 2.70 bits per heavy atom. The van der Waals surface area contributed by atoms with Gasteiger partial charge in [0.2, 0.25) is 0 Å². The van der Waals surface area contributed by atoms with E-state index < -0.39 is 0 Å². The molecule has 0 saturated heterocycles. The fourth-order valence-electron chi connectivity index (χ4n) is 2.90. The summed E-state index contributed by atoms with van der Waals surface area (Å²) in [5.74, 6) is 0.753. The van der Waals surface area contributed by atoms with Gasteiger partial charge in [-0.2, -0.15) is 5.10 Å². The lowest BCUT2D eigenvalue weighted by atomic mass is 9.93. The van der Waals surface area contributed by atoms with Crippen LogP contribution in [0, 0.1) is 0 Å². The maximum absolute atomic E-state index is 12.2. The molecule has 2 aliphatic rings. The van der Waals surface area contributed by atoms with Crippen LogP contribution in [0.4, 0.5) is 0 Å². The molecule has 1 fully saturated rings. The van der Waals surface area contributed by atoms with E-state index in [1.54, 1.807) is 11.8 Å². The van der Waals surface area contributed by atoms with Gasteiger partial charge < -0.3 is 10.1 Å². The summed E-state index contributed by atoms with van der Waals surface area (Å²) < 4.78 is 6.88. The third-order valence-corrected chi connectivity index (χ3v) is 4.31. The van der Waals surface area contributed by atoms with Gasteiger partial charge in [0.05, 0.1) is 19.0 Å². The van der Waals surface area contributed by atoms with Crippen molar-refractivity contribution in [2.24, 2.45) is 0 Å². The molecule has 4 rings (SSSR count). The molecular formula is C15H15N3O2. The van der Waals surface area contributed by atoms with Crippen LogP contribution in [0.1, 0.15) is 28.9 Å². The van der Waals surface area contributed by atoms with Gasteiger partial charge in [-0.1, -0.05) is 0 Å². The Kier molecular flexibility index (Phi) is 2.22. The second kappa shape index (κ2) is 3.85. The average Bonchev–Trinajstić information content (AvgIpc) is 3.11. The molecule has 1 aromatic carbocycles. The van der Waals surface area contributed by atoms with Crippen molar-refractivity contribution in [1.29, 1.82) is 0 Å². The number of carbonyl (C=O) groups is 1. The number of benzene rings is 1. The molecule has 0 atom stereocenters. The Labute approximate surface area is 116 Å². The van der Waals surface area contributed by atoms with Crippen molar-refractivity contribution in [3.8, 4) is 11.4 Å². The van der Waals surface area contributed by atoms with Crippen molar-refractivity contribution < 1.29 is 9.53 Å². The molecule has 1 amide bonds. The number of rotatable bonds is 2. The highest BCUT2D eigenvalue weighted by Crippen LogP contribution is 2.50. The number of amides is 1. The van der Waals surface area contributed by atoms with Gasteiger partial charge in [-0.25, -0.2) is 4.68 Å². The van der Waals surface area contributed by atoms with Gasteiger partial charge in [0, 0.05) is 17.5 Å². The number of fused-ring (bicyclic) bond motifs is 2. The highest BCUT2D eigenvalue weighted by atomic mass is 16.5. The number of ether oxygens (including phenoxy) is 1. The summed E-state index contributed by atoms with van der Waals surface area (Å²) in [6.45, 7) is 0.743. The molecule has 0 radical (unpaired) electrons. The first-order valence-electron chi connectivity index (χ1n) is 6.75. The van der Waals surface area contributed by atoms with Crippen molar-refractivity contribution in [1.82, 2.24) is 15.1 Å². The Morgan fingerprint density at radius 1 is 1.30 bits per heavy atom. The van der Waals surface area contributed by atoms with Crippen molar-refractivity contribution in [2.45, 2.75) is 18.3 Å². The van der Waals surface area contributed by atoms with Gasteiger partial charge in [-0.15, -0.1) is 0 Å². The van der Waals surface area contributed by atoms with E-state index in [9.17, 15) is 4.79 Å². The predicted molar refractivity (Wildman–Crippen MR) is 73.4 cm³/mol. The number of methoxy groups -OCH3 is 1. The molecule has 2 aromatic rings. The third kappa shape index (κ3) is 1.49. The van der Waals surface area contributed by atoms with E-state index in [4.69, 9.17) is 4.74 Å². The Bertz CT molecular complexity index is 684. The van der Waals surface area contributed by atoms with Gasteiger partial charge in [-0.3, -0.25) is 4.79 Å². The van der Waals surface area contributed by atoms with E-state index in [-0.39, 0.29) is 11.3 Å². The summed E-state index contributed by atoms with van der Waals surface area (Å²) in [4.78, 5) is 12.2. The second-order valence-electron chi connectivity index (χ2n) is 5.48. The van der Waals surface area contributed by atoms with Crippen LogP contribution in [0.2, 0.25) is 0 Å². The van der Waals surface area contributed by atoms with Gasteiger partial charge in [-0.05, 0) is 37.1 Å². The summed E-state index contributed by atoms with van der Waals surface area (Å²) in [7, 11) is 1.63. The first-order valence-corrected chi connectivity index (χ1v) is 6.75. The molecular weight excluding hydrogens is 254 g/mol. The first-order chi connectivity index (χ1) is 9.73. The van der Waals surface area contributed by atoms with Crippen LogP contribution in [0.3, 0.4) is 0 Å². The van der Waals surface area contributed by atoms with E-state index in [0.29, 0.717) is 5.69 Å². The van der Waals surface area contributed by atoms with E-state index >= 15 is 0 Å². The number of aromatic nitrogens is 2. The summed E-state index contributed by atoms with van der Waals surface area (Å²) in [6.07, 6.45) is 4.12. The molecule has 0 bridgehead atoms. The Balaban J connectivity index is 1.83. The maximum Gasteiger partial charge on any atom is 0.270 e. The number of hydrogen-bond donors (Lipinski definition) is 1. The normalized spacial score (nSPS) is 18.6. The standard InChI is InChI=1S/C15H15N3O2/c1-20-11-4-2-10(3-5-11)18-13-12(8-17-18)15(6-7-15)9-16-14(13)19/h2-5,8H,6-7,9H2,1H3,(H,16,19). The zero-order chi connectivity index (χ0) is 13.7. The van der Waals surface area contributed by atoms with Crippen LogP contribution in [0.5, 0.6) is 5.75 Å². The molecule has 1 saturated carbocycles. The van der Waals surface area contributed by atoms with E-state index in [1.807, 2.05) is 30.5 Å². The molecule has 1 spiro atoms. The fraction of sp³-hybridized carbons (Fsp3) is 0.333. The lowest BCUT2D eigenvalue weighted by molar-refractivity contribution is 0.0929. The zero-order valence-corrected chi connectivity index (χ0v) is 11.2. The van der Waals surface area contributed by atoms with Gasteiger partial charge in [0.1, 0.15) is 11.4 Å². The lowest BCUT2D eigenvalue weighted by Gasteiger charge is -2.22. The quantitative estimate of drug-likeness (QED) is 0.902. The number of nitrogens with one attached hydrogen (secondary N) is 1. The monoisotopic (exact) mass is 269 g/mol. The van der Waals surface area contributed by atoms with E-state index in [0.717, 1.165) is 36.4 Å². The van der Waals surface area contributed by atoms with Gasteiger partial charge >= 0.3 is 0 Å². The molecule has 0 unspecified atom stereocenters. The Hall–Kier alpha value is -2.30. The Morgan fingerprint density at radius 2 is 2.05 bits per heavy atom. The minimum atomic E-state index is -0.0363. The summed E-state index contributed by atoms with van der Waals surface area (Å²) in [5, 5.41) is 7.41. The minimum absolute atomic E-state index is 0.0363. The smallest absolute Gasteiger partial charge is 0.270 e. The SMILES string of the molecule is COc1ccc(-n2ncc3c2C(=O)NCC32CC2)cc1. The average molecular weight is 269 g/mol. The minimum Gasteiger partial charge on any atom is -0.497 e. The van der Waals surface area contributed by atoms with Crippen molar-refractivity contribution in [3.63, 3.8) is 0 Å². The third-order valence-electron chi connectivity index (χ3n) is 4.31. The highest BCUT2D eigenvalue weighted by molar-refractivity contribution is 5.96. The molecule has 1 aliphatic heterocycles. The molecule has 1 aliphatic carbocycles. The summed E-state index contributed by atoms with van der Waals surface area (Å²) in [6, 6.07) is 7.56. The molecule has 5 nitrogen and oxygen atoms in total. The predicted octanol–water partition coefficient (Wildman–Crippen LogP) is 1.66. The van der Waals surface area contributed by atoms with Gasteiger partial charge in [0.25, 0.3) is 5.91 Å². The van der Waals surface area contributed by atoms with Crippen LogP contribution < -0.4 is 10.1 Å². The van der Waals surface area contributed by atoms with Crippen molar-refractivity contribution in [3.05, 3.63) is 41.7 Å². The van der Waals surface area contributed by atoms with Crippen LogP contribution in [-0.2, 0) is 5.41 Å². The molecule has 5 heteroatoms. The van der Waals surface area contributed by atoms with Crippen molar-refractivity contribution >= 4 is 5.91 Å². The second-order valence-corrected chi connectivity index (χ2v) is 5.48. The summed E-state index contributed by atoms with van der Waals surface area (Å²) >= 11 is 0. The van der Waals surface area contributed by atoms with Crippen molar-refractivity contribution in [2.75, 3.05) is 13.7 Å². The molecule has 1 aromatic heterocycles. The fourth-order valence-corrected chi connectivity index (χ4v) is 2.90. The lowest BCUT2D eigenvalue weighted by Crippen LogP contribution is -2.39.